The summed E-state index contributed by atoms with van der Waals surface area (Å²) in [5.74, 6) is -1.27. The highest BCUT2D eigenvalue weighted by molar-refractivity contribution is 7.89. The lowest BCUT2D eigenvalue weighted by Gasteiger charge is -2.18. The number of amides is 1. The zero-order chi connectivity index (χ0) is 21.4. The van der Waals surface area contributed by atoms with Crippen molar-refractivity contribution in [3.8, 4) is 0 Å². The smallest absolute Gasteiger partial charge is 0.338 e. The van der Waals surface area contributed by atoms with E-state index in [0.717, 1.165) is 0 Å². The van der Waals surface area contributed by atoms with Crippen LogP contribution in [0.5, 0.6) is 0 Å². The summed E-state index contributed by atoms with van der Waals surface area (Å²) in [7, 11) is -3.65. The lowest BCUT2D eigenvalue weighted by atomic mass is 10.1. The Morgan fingerprint density at radius 1 is 1.07 bits per heavy atom. The topological polar surface area (TPSA) is 113 Å². The van der Waals surface area contributed by atoms with Crippen LogP contribution in [0.1, 0.15) is 29.8 Å². The monoisotopic (exact) mass is 420 g/mol. The van der Waals surface area contributed by atoms with Gasteiger partial charge in [0.15, 0.2) is 6.61 Å². The van der Waals surface area contributed by atoms with Gasteiger partial charge in [-0.25, -0.2) is 13.2 Å². The molecule has 0 saturated carbocycles. The third-order valence-corrected chi connectivity index (χ3v) is 6.21. The summed E-state index contributed by atoms with van der Waals surface area (Å²) in [4.78, 5) is 24.1. The number of rotatable bonds is 9. The Kier molecular flexibility index (Phi) is 7.89. The number of nitrogens with zero attached hydrogens (tertiary/aromatic N) is 1. The largest absolute Gasteiger partial charge is 0.452 e. The highest BCUT2D eigenvalue weighted by Gasteiger charge is 2.22. The van der Waals surface area contributed by atoms with Gasteiger partial charge in [0, 0.05) is 18.8 Å². The number of anilines is 1. The maximum atomic E-state index is 12.6. The van der Waals surface area contributed by atoms with Gasteiger partial charge in [0.1, 0.15) is 0 Å². The van der Waals surface area contributed by atoms with Crippen molar-refractivity contribution in [2.45, 2.75) is 25.3 Å². The summed E-state index contributed by atoms with van der Waals surface area (Å²) in [5, 5.41) is 11.5. The second-order valence-electron chi connectivity index (χ2n) is 6.10. The van der Waals surface area contributed by atoms with E-state index in [1.165, 1.54) is 34.6 Å². The Hall–Kier alpha value is -2.75. The Bertz CT molecular complexity index is 953. The van der Waals surface area contributed by atoms with Crippen LogP contribution in [0.2, 0.25) is 0 Å². The van der Waals surface area contributed by atoms with E-state index in [0.29, 0.717) is 18.7 Å². The van der Waals surface area contributed by atoms with Gasteiger partial charge in [-0.3, -0.25) is 4.79 Å². The Labute approximate surface area is 170 Å². The van der Waals surface area contributed by atoms with Crippen LogP contribution in [0, 0.1) is 0 Å². The van der Waals surface area contributed by atoms with Crippen LogP contribution < -0.4 is 5.32 Å². The Morgan fingerprint density at radius 3 is 2.31 bits per heavy atom. The molecular weight excluding hydrogens is 396 g/mol. The molecule has 0 heterocycles. The van der Waals surface area contributed by atoms with Crippen molar-refractivity contribution < 1.29 is 27.9 Å². The van der Waals surface area contributed by atoms with Crippen molar-refractivity contribution in [3.05, 3.63) is 59.7 Å². The Balaban J connectivity index is 1.99. The number of esters is 1. The lowest BCUT2D eigenvalue weighted by molar-refractivity contribution is -0.119. The maximum absolute atomic E-state index is 12.6. The van der Waals surface area contributed by atoms with Gasteiger partial charge in [-0.15, -0.1) is 0 Å². The molecule has 0 aliphatic heterocycles. The van der Waals surface area contributed by atoms with Gasteiger partial charge in [0.25, 0.3) is 5.91 Å². The van der Waals surface area contributed by atoms with Crippen molar-refractivity contribution in [1.29, 1.82) is 0 Å². The first-order chi connectivity index (χ1) is 13.8. The van der Waals surface area contributed by atoms with Crippen LogP contribution in [-0.2, 0) is 26.2 Å². The molecule has 8 nitrogen and oxygen atoms in total. The number of benzene rings is 2. The molecule has 0 aliphatic carbocycles. The molecule has 0 fully saturated rings. The molecule has 2 rings (SSSR count). The van der Waals surface area contributed by atoms with Gasteiger partial charge in [-0.2, -0.15) is 4.31 Å². The fraction of sp³-hybridized carbons (Fsp3) is 0.300. The van der Waals surface area contributed by atoms with Gasteiger partial charge < -0.3 is 15.2 Å². The molecule has 2 N–H and O–H groups in total. The van der Waals surface area contributed by atoms with E-state index >= 15 is 0 Å². The van der Waals surface area contributed by atoms with Crippen LogP contribution in [0.3, 0.4) is 0 Å². The van der Waals surface area contributed by atoms with Crippen molar-refractivity contribution >= 4 is 27.6 Å². The molecule has 0 bridgehead atoms. The Morgan fingerprint density at radius 2 is 1.72 bits per heavy atom. The number of aliphatic hydroxyl groups is 1. The fourth-order valence-electron chi connectivity index (χ4n) is 2.60. The van der Waals surface area contributed by atoms with E-state index < -0.39 is 28.5 Å². The minimum Gasteiger partial charge on any atom is -0.452 e. The third-order valence-electron chi connectivity index (χ3n) is 4.17. The molecule has 0 radical (unpaired) electrons. The van der Waals surface area contributed by atoms with Gasteiger partial charge in [-0.1, -0.05) is 32.0 Å². The summed E-state index contributed by atoms with van der Waals surface area (Å²) < 4.78 is 31.4. The van der Waals surface area contributed by atoms with E-state index in [1.807, 2.05) is 0 Å². The van der Waals surface area contributed by atoms with Gasteiger partial charge in [0.2, 0.25) is 10.0 Å². The molecule has 0 unspecified atom stereocenters. The number of carbonyl (C=O) groups is 2. The van der Waals surface area contributed by atoms with Crippen LogP contribution in [-0.4, -0.2) is 49.4 Å². The normalized spacial score (nSPS) is 11.3. The van der Waals surface area contributed by atoms with Crippen molar-refractivity contribution in [2.75, 3.05) is 25.0 Å². The van der Waals surface area contributed by atoms with Crippen molar-refractivity contribution in [1.82, 2.24) is 4.31 Å². The molecule has 2 aromatic carbocycles. The predicted molar refractivity (Wildman–Crippen MR) is 108 cm³/mol. The van der Waals surface area contributed by atoms with Crippen LogP contribution in [0.15, 0.2) is 53.4 Å². The first kappa shape index (κ1) is 22.5. The lowest BCUT2D eigenvalue weighted by Crippen LogP contribution is -2.30. The number of ether oxygens (including phenoxy) is 1. The number of hydrogen-bond donors (Lipinski definition) is 2. The number of aliphatic hydroxyl groups excluding tert-OH is 1. The highest BCUT2D eigenvalue weighted by atomic mass is 32.2. The minimum absolute atomic E-state index is 0.0694. The summed E-state index contributed by atoms with van der Waals surface area (Å²) in [6.45, 7) is 3.51. The summed E-state index contributed by atoms with van der Waals surface area (Å²) in [5.41, 5.74) is 1.19. The number of sulfonamides is 1. The van der Waals surface area contributed by atoms with Crippen molar-refractivity contribution in [3.63, 3.8) is 0 Å². The average Bonchev–Trinajstić information content (AvgIpc) is 2.73. The molecule has 0 spiro atoms. The average molecular weight is 420 g/mol. The molecule has 0 saturated heterocycles. The van der Waals surface area contributed by atoms with E-state index in [2.05, 4.69) is 5.32 Å². The maximum Gasteiger partial charge on any atom is 0.338 e. The minimum atomic E-state index is -3.65. The summed E-state index contributed by atoms with van der Waals surface area (Å²) >= 11 is 0. The predicted octanol–water partition coefficient (Wildman–Crippen LogP) is 2.00. The van der Waals surface area contributed by atoms with Gasteiger partial charge in [0.05, 0.1) is 17.1 Å². The molecule has 1 amide bonds. The molecule has 0 aromatic heterocycles. The molecule has 0 aliphatic rings. The quantitative estimate of drug-likeness (QED) is 0.600. The first-order valence-electron chi connectivity index (χ1n) is 9.08. The molecule has 29 heavy (non-hydrogen) atoms. The van der Waals surface area contributed by atoms with Crippen LogP contribution >= 0.6 is 0 Å². The van der Waals surface area contributed by atoms with Crippen LogP contribution in [0.4, 0.5) is 5.69 Å². The fourth-order valence-corrected chi connectivity index (χ4v) is 4.11. The second-order valence-corrected chi connectivity index (χ2v) is 8.03. The molecule has 2 aromatic rings. The third kappa shape index (κ3) is 5.86. The van der Waals surface area contributed by atoms with Crippen LogP contribution in [0.25, 0.3) is 0 Å². The molecular formula is C20H24N2O6S. The summed E-state index contributed by atoms with van der Waals surface area (Å²) in [6, 6.07) is 12.0. The van der Waals surface area contributed by atoms with Gasteiger partial charge >= 0.3 is 5.97 Å². The molecule has 0 atom stereocenters. The van der Waals surface area contributed by atoms with E-state index in [9.17, 15) is 18.0 Å². The van der Waals surface area contributed by atoms with E-state index in [1.54, 1.807) is 32.0 Å². The van der Waals surface area contributed by atoms with E-state index in [4.69, 9.17) is 9.84 Å². The second kappa shape index (κ2) is 10.1. The number of carbonyl (C=O) groups excluding carboxylic acids is 2. The first-order valence-corrected chi connectivity index (χ1v) is 10.5. The SMILES string of the molecule is CCN(CC)S(=O)(=O)c1cccc(NC(=O)COC(=O)c2ccc(CO)cc2)c1. The van der Waals surface area contributed by atoms with Crippen molar-refractivity contribution in [2.24, 2.45) is 0 Å². The highest BCUT2D eigenvalue weighted by Crippen LogP contribution is 2.19. The van der Waals surface area contributed by atoms with E-state index in [-0.39, 0.29) is 22.8 Å². The standard InChI is InChI=1S/C20H24N2O6S/c1-3-22(4-2)29(26,27)18-7-5-6-17(12-18)21-19(24)14-28-20(25)16-10-8-15(13-23)9-11-16/h5-12,23H,3-4,13-14H2,1-2H3,(H,21,24). The zero-order valence-corrected chi connectivity index (χ0v) is 17.1. The summed E-state index contributed by atoms with van der Waals surface area (Å²) in [6.07, 6.45) is 0. The zero-order valence-electron chi connectivity index (χ0n) is 16.3. The number of nitrogens with one attached hydrogen (secondary N) is 1. The number of hydrogen-bond acceptors (Lipinski definition) is 6. The molecule has 156 valence electrons. The van der Waals surface area contributed by atoms with Gasteiger partial charge in [-0.05, 0) is 35.9 Å². The molecule has 9 heteroatoms.